The lowest BCUT2D eigenvalue weighted by molar-refractivity contribution is -0.118. The molecule has 1 aliphatic rings. The summed E-state index contributed by atoms with van der Waals surface area (Å²) in [5.41, 5.74) is 2.58. The van der Waals surface area contributed by atoms with E-state index in [2.05, 4.69) is 15.6 Å². The standard InChI is InChI=1S/C23H27N3O3/c1-15-8-5-11-18(26-22(28)29-23(2,3)4)16-9-6-10-17(14-16)20-19(25-21(15)27)12-7-13-24-20/h5-10,12-15,18H,11H2,1-4H3,(H,25,27)(H,26,28)/b8-5-/t15-,18+/m1/s1. The van der Waals surface area contributed by atoms with E-state index in [4.69, 9.17) is 4.74 Å². The van der Waals surface area contributed by atoms with Crippen LogP contribution in [0.1, 0.15) is 45.7 Å². The second-order valence-electron chi connectivity index (χ2n) is 8.17. The van der Waals surface area contributed by atoms with Gasteiger partial charge in [-0.05, 0) is 51.0 Å². The van der Waals surface area contributed by atoms with Crippen LogP contribution in [0, 0.1) is 5.92 Å². The van der Waals surface area contributed by atoms with E-state index < -0.39 is 11.7 Å². The maximum absolute atomic E-state index is 12.6. The Morgan fingerprint density at radius 3 is 2.79 bits per heavy atom. The van der Waals surface area contributed by atoms with Crippen molar-refractivity contribution in [3.05, 3.63) is 60.3 Å². The van der Waals surface area contributed by atoms with Crippen molar-refractivity contribution in [1.29, 1.82) is 0 Å². The minimum atomic E-state index is -0.581. The lowest BCUT2D eigenvalue weighted by Gasteiger charge is -2.24. The number of aromatic nitrogens is 1. The Morgan fingerprint density at radius 1 is 1.24 bits per heavy atom. The molecule has 0 saturated carbocycles. The zero-order chi connectivity index (χ0) is 21.0. The van der Waals surface area contributed by atoms with E-state index in [1.54, 1.807) is 12.3 Å². The van der Waals surface area contributed by atoms with Crippen molar-refractivity contribution in [2.24, 2.45) is 5.92 Å². The molecule has 1 aromatic heterocycles. The van der Waals surface area contributed by atoms with Crippen LogP contribution in [0.5, 0.6) is 0 Å². The Bertz CT molecular complexity index is 931. The molecule has 2 heterocycles. The highest BCUT2D eigenvalue weighted by Crippen LogP contribution is 2.30. The molecule has 2 aromatic rings. The van der Waals surface area contributed by atoms with Crippen LogP contribution in [0.2, 0.25) is 0 Å². The number of alkyl carbamates (subject to hydrolysis) is 1. The van der Waals surface area contributed by atoms with Gasteiger partial charge in [0.15, 0.2) is 0 Å². The van der Waals surface area contributed by atoms with E-state index in [1.165, 1.54) is 0 Å². The van der Waals surface area contributed by atoms with Crippen molar-refractivity contribution in [1.82, 2.24) is 10.3 Å². The van der Waals surface area contributed by atoms with Gasteiger partial charge in [-0.3, -0.25) is 9.78 Å². The Hall–Kier alpha value is -3.15. The van der Waals surface area contributed by atoms with E-state index in [0.717, 1.165) is 11.1 Å². The van der Waals surface area contributed by atoms with E-state index in [0.29, 0.717) is 17.8 Å². The molecule has 2 bridgehead atoms. The second-order valence-corrected chi connectivity index (χ2v) is 8.17. The first kappa shape index (κ1) is 20.6. The zero-order valence-electron chi connectivity index (χ0n) is 17.2. The van der Waals surface area contributed by atoms with Crippen LogP contribution in [0.25, 0.3) is 11.3 Å². The third kappa shape index (κ3) is 5.44. The normalized spacial score (nSPS) is 20.3. The van der Waals surface area contributed by atoms with Crippen molar-refractivity contribution in [3.8, 4) is 11.3 Å². The number of carbonyl (C=O) groups is 2. The third-order valence-corrected chi connectivity index (χ3v) is 4.53. The number of ether oxygens (including phenoxy) is 1. The summed E-state index contributed by atoms with van der Waals surface area (Å²) in [5.74, 6) is -0.424. The fourth-order valence-corrected chi connectivity index (χ4v) is 3.12. The SMILES string of the molecule is C[C@@H]1/C=C\C[C@H](NC(=O)OC(C)(C)C)c2cccc(c2)-c2ncccc2NC1=O. The number of benzene rings is 1. The molecule has 6 nitrogen and oxygen atoms in total. The van der Waals surface area contributed by atoms with Crippen molar-refractivity contribution < 1.29 is 14.3 Å². The Labute approximate surface area is 171 Å². The van der Waals surface area contributed by atoms with Crippen LogP contribution in [-0.2, 0) is 9.53 Å². The summed E-state index contributed by atoms with van der Waals surface area (Å²) in [4.78, 5) is 29.4. The molecule has 0 radical (unpaired) electrons. The summed E-state index contributed by atoms with van der Waals surface area (Å²) in [6.45, 7) is 7.33. The highest BCUT2D eigenvalue weighted by molar-refractivity contribution is 5.96. The number of amides is 2. The predicted octanol–water partition coefficient (Wildman–Crippen LogP) is 4.85. The molecule has 6 heteroatoms. The first-order chi connectivity index (χ1) is 13.7. The monoisotopic (exact) mass is 393 g/mol. The molecule has 29 heavy (non-hydrogen) atoms. The molecular formula is C23H27N3O3. The molecule has 0 spiro atoms. The molecule has 2 atom stereocenters. The molecule has 2 amide bonds. The third-order valence-electron chi connectivity index (χ3n) is 4.53. The van der Waals surface area contributed by atoms with Crippen molar-refractivity contribution in [2.45, 2.75) is 45.8 Å². The molecule has 1 aliphatic heterocycles. The van der Waals surface area contributed by atoms with Crippen molar-refractivity contribution >= 4 is 17.7 Å². The van der Waals surface area contributed by atoms with Gasteiger partial charge in [0.25, 0.3) is 0 Å². The average molecular weight is 393 g/mol. The smallest absolute Gasteiger partial charge is 0.408 e. The number of hydrogen-bond acceptors (Lipinski definition) is 4. The van der Waals surface area contributed by atoms with Gasteiger partial charge in [-0.25, -0.2) is 4.79 Å². The van der Waals surface area contributed by atoms with Crippen LogP contribution in [0.3, 0.4) is 0 Å². The number of nitrogens with one attached hydrogen (secondary N) is 2. The number of carbonyl (C=O) groups excluding carboxylic acids is 2. The number of nitrogens with zero attached hydrogens (tertiary/aromatic N) is 1. The zero-order valence-corrected chi connectivity index (χ0v) is 17.2. The van der Waals surface area contributed by atoms with Crippen LogP contribution in [0.15, 0.2) is 54.7 Å². The number of hydrogen-bond donors (Lipinski definition) is 2. The number of anilines is 1. The minimum absolute atomic E-state index is 0.108. The molecule has 0 aliphatic carbocycles. The van der Waals surface area contributed by atoms with Gasteiger partial charge >= 0.3 is 6.09 Å². The van der Waals surface area contributed by atoms with Gasteiger partial charge in [0.1, 0.15) is 5.60 Å². The van der Waals surface area contributed by atoms with Gasteiger partial charge in [0, 0.05) is 11.8 Å². The van der Waals surface area contributed by atoms with Crippen molar-refractivity contribution in [2.75, 3.05) is 5.32 Å². The summed E-state index contributed by atoms with van der Waals surface area (Å²) in [6, 6.07) is 11.2. The van der Waals surface area contributed by atoms with Crippen LogP contribution in [0.4, 0.5) is 10.5 Å². The predicted molar refractivity (Wildman–Crippen MR) is 113 cm³/mol. The van der Waals surface area contributed by atoms with Gasteiger partial charge in [-0.15, -0.1) is 0 Å². The fourth-order valence-electron chi connectivity index (χ4n) is 3.12. The molecule has 0 saturated heterocycles. The summed E-state index contributed by atoms with van der Waals surface area (Å²) >= 11 is 0. The molecule has 152 valence electrons. The average Bonchev–Trinajstić information content (AvgIpc) is 2.65. The van der Waals surface area contributed by atoms with E-state index in [-0.39, 0.29) is 17.9 Å². The lowest BCUT2D eigenvalue weighted by atomic mass is 9.97. The molecule has 1 aromatic carbocycles. The number of rotatable bonds is 1. The molecule has 3 rings (SSSR count). The van der Waals surface area contributed by atoms with E-state index in [1.807, 2.05) is 70.2 Å². The maximum Gasteiger partial charge on any atom is 0.408 e. The maximum atomic E-state index is 12.6. The lowest BCUT2D eigenvalue weighted by Crippen LogP contribution is -2.35. The van der Waals surface area contributed by atoms with Gasteiger partial charge in [0.05, 0.1) is 23.3 Å². The molecular weight excluding hydrogens is 366 g/mol. The highest BCUT2D eigenvalue weighted by atomic mass is 16.6. The Balaban J connectivity index is 2.01. The summed E-state index contributed by atoms with van der Waals surface area (Å²) < 4.78 is 5.43. The Morgan fingerprint density at radius 2 is 2.03 bits per heavy atom. The van der Waals surface area contributed by atoms with Gasteiger partial charge in [-0.1, -0.05) is 37.3 Å². The molecule has 2 N–H and O–H groups in total. The largest absolute Gasteiger partial charge is 0.444 e. The summed E-state index contributed by atoms with van der Waals surface area (Å²) in [6.07, 6.45) is 5.53. The first-order valence-electron chi connectivity index (χ1n) is 9.75. The number of pyridine rings is 1. The summed E-state index contributed by atoms with van der Waals surface area (Å²) in [7, 11) is 0. The fraction of sp³-hybridized carbons (Fsp3) is 0.348. The second kappa shape index (κ2) is 8.47. The van der Waals surface area contributed by atoms with Crippen LogP contribution >= 0.6 is 0 Å². The van der Waals surface area contributed by atoms with Crippen LogP contribution < -0.4 is 10.6 Å². The molecule has 0 unspecified atom stereocenters. The molecule has 0 fully saturated rings. The topological polar surface area (TPSA) is 80.3 Å². The Kier molecular flexibility index (Phi) is 6.01. The quantitative estimate of drug-likeness (QED) is 0.679. The highest BCUT2D eigenvalue weighted by Gasteiger charge is 2.22. The van der Waals surface area contributed by atoms with Gasteiger partial charge < -0.3 is 15.4 Å². The van der Waals surface area contributed by atoms with Gasteiger partial charge in [0.2, 0.25) is 5.91 Å². The number of fused-ring (bicyclic) bond motifs is 4. The van der Waals surface area contributed by atoms with Gasteiger partial charge in [-0.2, -0.15) is 0 Å². The van der Waals surface area contributed by atoms with Crippen molar-refractivity contribution in [3.63, 3.8) is 0 Å². The minimum Gasteiger partial charge on any atom is -0.444 e. The first-order valence-corrected chi connectivity index (χ1v) is 9.75. The summed E-state index contributed by atoms with van der Waals surface area (Å²) in [5, 5.41) is 5.92. The van der Waals surface area contributed by atoms with Crippen LogP contribution in [-0.4, -0.2) is 22.6 Å². The van der Waals surface area contributed by atoms with E-state index >= 15 is 0 Å². The van der Waals surface area contributed by atoms with E-state index in [9.17, 15) is 9.59 Å².